The zero-order chi connectivity index (χ0) is 11.9. The Morgan fingerprint density at radius 2 is 1.76 bits per heavy atom. The molecule has 1 aliphatic heterocycles. The van der Waals surface area contributed by atoms with E-state index in [-0.39, 0.29) is 0 Å². The summed E-state index contributed by atoms with van der Waals surface area (Å²) in [7, 11) is 0. The number of unbranched alkanes of at least 4 members (excludes halogenated alkanes) is 1. The molecule has 3 nitrogen and oxygen atoms in total. The molecule has 0 atom stereocenters. The number of nitrogens with zero attached hydrogens (tertiary/aromatic N) is 1. The van der Waals surface area contributed by atoms with Crippen LogP contribution in [-0.2, 0) is 0 Å². The van der Waals surface area contributed by atoms with E-state index in [1.54, 1.807) is 0 Å². The summed E-state index contributed by atoms with van der Waals surface area (Å²) in [4.78, 5) is 2.54. The molecule has 3 heteroatoms. The Hall–Kier alpha value is -1.22. The van der Waals surface area contributed by atoms with E-state index in [4.69, 9.17) is 10.5 Å². The highest BCUT2D eigenvalue weighted by molar-refractivity contribution is 5.41. The summed E-state index contributed by atoms with van der Waals surface area (Å²) in [5.41, 5.74) is 6.40. The maximum Gasteiger partial charge on any atom is 0.119 e. The average Bonchev–Trinajstić information content (AvgIpc) is 2.84. The van der Waals surface area contributed by atoms with Gasteiger partial charge < -0.3 is 15.4 Å². The molecule has 0 amide bonds. The lowest BCUT2D eigenvalue weighted by atomic mass is 10.3. The van der Waals surface area contributed by atoms with Crippen molar-refractivity contribution in [2.45, 2.75) is 25.7 Å². The quantitative estimate of drug-likeness (QED) is 0.607. The zero-order valence-corrected chi connectivity index (χ0v) is 10.4. The van der Waals surface area contributed by atoms with Gasteiger partial charge >= 0.3 is 0 Å². The van der Waals surface area contributed by atoms with E-state index in [1.807, 2.05) is 24.3 Å². The predicted octanol–water partition coefficient (Wildman–Crippen LogP) is 2.52. The van der Waals surface area contributed by atoms with Crippen molar-refractivity contribution in [1.29, 1.82) is 0 Å². The van der Waals surface area contributed by atoms with Crippen molar-refractivity contribution in [2.75, 3.05) is 32.0 Å². The SMILES string of the molecule is Nc1ccc(OCCCCN2CCCC2)cc1. The van der Waals surface area contributed by atoms with Crippen LogP contribution in [0, 0.1) is 0 Å². The summed E-state index contributed by atoms with van der Waals surface area (Å²) < 4.78 is 5.65. The smallest absolute Gasteiger partial charge is 0.119 e. The molecule has 2 rings (SSSR count). The predicted molar refractivity (Wildman–Crippen MR) is 71.3 cm³/mol. The fourth-order valence-electron chi connectivity index (χ4n) is 2.20. The van der Waals surface area contributed by atoms with Crippen molar-refractivity contribution < 1.29 is 4.74 Å². The summed E-state index contributed by atoms with van der Waals surface area (Å²) in [6.45, 7) is 4.61. The molecule has 0 aliphatic carbocycles. The molecule has 0 bridgehead atoms. The van der Waals surface area contributed by atoms with Gasteiger partial charge in [-0.15, -0.1) is 0 Å². The van der Waals surface area contributed by atoms with Crippen molar-refractivity contribution in [1.82, 2.24) is 4.90 Å². The van der Waals surface area contributed by atoms with Gasteiger partial charge in [0.05, 0.1) is 6.61 Å². The van der Waals surface area contributed by atoms with Crippen LogP contribution in [0.25, 0.3) is 0 Å². The second-order valence-corrected chi connectivity index (χ2v) is 4.67. The number of hydrogen-bond acceptors (Lipinski definition) is 3. The van der Waals surface area contributed by atoms with Crippen molar-refractivity contribution in [3.8, 4) is 5.75 Å². The molecule has 0 radical (unpaired) electrons. The molecule has 1 aromatic rings. The molecule has 1 aromatic carbocycles. The molecule has 1 fully saturated rings. The number of rotatable bonds is 6. The van der Waals surface area contributed by atoms with Crippen molar-refractivity contribution in [2.24, 2.45) is 0 Å². The third kappa shape index (κ3) is 4.27. The van der Waals surface area contributed by atoms with E-state index in [0.717, 1.165) is 24.5 Å². The number of likely N-dealkylation sites (tertiary alicyclic amines) is 1. The first-order valence-electron chi connectivity index (χ1n) is 6.55. The number of hydrogen-bond donors (Lipinski definition) is 1. The highest BCUT2D eigenvalue weighted by Crippen LogP contribution is 2.13. The first kappa shape index (κ1) is 12.2. The van der Waals surface area contributed by atoms with Crippen LogP contribution in [-0.4, -0.2) is 31.1 Å². The summed E-state index contributed by atoms with van der Waals surface area (Å²) in [5.74, 6) is 0.917. The Morgan fingerprint density at radius 1 is 1.06 bits per heavy atom. The molecule has 1 heterocycles. The molecular weight excluding hydrogens is 212 g/mol. The van der Waals surface area contributed by atoms with Gasteiger partial charge in [0, 0.05) is 5.69 Å². The Kier molecular flexibility index (Phi) is 4.68. The van der Waals surface area contributed by atoms with E-state index < -0.39 is 0 Å². The van der Waals surface area contributed by atoms with E-state index in [1.165, 1.54) is 38.9 Å². The molecule has 94 valence electrons. The van der Waals surface area contributed by atoms with Gasteiger partial charge in [0.2, 0.25) is 0 Å². The fourth-order valence-corrected chi connectivity index (χ4v) is 2.20. The first-order valence-corrected chi connectivity index (χ1v) is 6.55. The van der Waals surface area contributed by atoms with Crippen molar-refractivity contribution >= 4 is 5.69 Å². The average molecular weight is 234 g/mol. The highest BCUT2D eigenvalue weighted by atomic mass is 16.5. The summed E-state index contributed by atoms with van der Waals surface area (Å²) >= 11 is 0. The monoisotopic (exact) mass is 234 g/mol. The van der Waals surface area contributed by atoms with Crippen LogP contribution in [0.2, 0.25) is 0 Å². The highest BCUT2D eigenvalue weighted by Gasteiger charge is 2.09. The Morgan fingerprint density at radius 3 is 2.47 bits per heavy atom. The summed E-state index contributed by atoms with van der Waals surface area (Å²) in [5, 5.41) is 0. The summed E-state index contributed by atoms with van der Waals surface area (Å²) in [6, 6.07) is 7.60. The van der Waals surface area contributed by atoms with E-state index in [0.29, 0.717) is 0 Å². The van der Waals surface area contributed by atoms with Crippen LogP contribution < -0.4 is 10.5 Å². The lowest BCUT2D eigenvalue weighted by Crippen LogP contribution is -2.20. The minimum atomic E-state index is 0.784. The minimum absolute atomic E-state index is 0.784. The largest absolute Gasteiger partial charge is 0.494 e. The first-order chi connectivity index (χ1) is 8.34. The number of nitrogens with two attached hydrogens (primary N) is 1. The molecule has 0 saturated carbocycles. The molecule has 0 spiro atoms. The maximum absolute atomic E-state index is 5.65. The number of benzene rings is 1. The van der Waals surface area contributed by atoms with Gasteiger partial charge in [0.1, 0.15) is 5.75 Å². The molecule has 17 heavy (non-hydrogen) atoms. The fraction of sp³-hybridized carbons (Fsp3) is 0.571. The minimum Gasteiger partial charge on any atom is -0.494 e. The Labute approximate surface area is 104 Å². The number of anilines is 1. The molecule has 1 aliphatic rings. The summed E-state index contributed by atoms with van der Waals surface area (Å²) in [6.07, 6.45) is 5.11. The van der Waals surface area contributed by atoms with Gasteiger partial charge in [0.25, 0.3) is 0 Å². The molecule has 2 N–H and O–H groups in total. The van der Waals surface area contributed by atoms with Crippen LogP contribution in [0.1, 0.15) is 25.7 Å². The molecule has 0 unspecified atom stereocenters. The van der Waals surface area contributed by atoms with Gasteiger partial charge in [-0.1, -0.05) is 0 Å². The van der Waals surface area contributed by atoms with Gasteiger partial charge in [-0.25, -0.2) is 0 Å². The Balaban J connectivity index is 1.55. The van der Waals surface area contributed by atoms with Crippen molar-refractivity contribution in [3.05, 3.63) is 24.3 Å². The second kappa shape index (κ2) is 6.50. The van der Waals surface area contributed by atoms with E-state index in [9.17, 15) is 0 Å². The van der Waals surface area contributed by atoms with Crippen LogP contribution in [0.3, 0.4) is 0 Å². The Bertz CT molecular complexity index is 317. The number of ether oxygens (including phenoxy) is 1. The van der Waals surface area contributed by atoms with Crippen LogP contribution in [0.5, 0.6) is 5.75 Å². The standard InChI is InChI=1S/C14H22N2O/c15-13-5-7-14(8-6-13)17-12-4-3-11-16-9-1-2-10-16/h5-8H,1-4,9-12,15H2. The molecular formula is C14H22N2O. The molecule has 0 aromatic heterocycles. The van der Waals surface area contributed by atoms with E-state index >= 15 is 0 Å². The normalized spacial score (nSPS) is 16.2. The van der Waals surface area contributed by atoms with Crippen molar-refractivity contribution in [3.63, 3.8) is 0 Å². The van der Waals surface area contributed by atoms with Crippen LogP contribution >= 0.6 is 0 Å². The topological polar surface area (TPSA) is 38.5 Å². The lowest BCUT2D eigenvalue weighted by Gasteiger charge is -2.14. The van der Waals surface area contributed by atoms with Gasteiger partial charge in [-0.05, 0) is 69.6 Å². The third-order valence-corrected chi connectivity index (χ3v) is 3.22. The lowest BCUT2D eigenvalue weighted by molar-refractivity contribution is 0.280. The van der Waals surface area contributed by atoms with Gasteiger partial charge in [-0.2, -0.15) is 0 Å². The maximum atomic E-state index is 5.65. The second-order valence-electron chi connectivity index (χ2n) is 4.67. The van der Waals surface area contributed by atoms with Crippen LogP contribution in [0.15, 0.2) is 24.3 Å². The third-order valence-electron chi connectivity index (χ3n) is 3.22. The molecule has 1 saturated heterocycles. The zero-order valence-electron chi connectivity index (χ0n) is 10.4. The van der Waals surface area contributed by atoms with Crippen LogP contribution in [0.4, 0.5) is 5.69 Å². The van der Waals surface area contributed by atoms with Gasteiger partial charge in [-0.3, -0.25) is 0 Å². The van der Waals surface area contributed by atoms with Gasteiger partial charge in [0.15, 0.2) is 0 Å². The van der Waals surface area contributed by atoms with E-state index in [2.05, 4.69) is 4.90 Å². The number of nitrogen functional groups attached to an aromatic ring is 1.